The van der Waals surface area contributed by atoms with Crippen molar-refractivity contribution in [3.8, 4) is 0 Å². The summed E-state index contributed by atoms with van der Waals surface area (Å²) in [6.45, 7) is 5.58. The van der Waals surface area contributed by atoms with Gasteiger partial charge in [0.25, 0.3) is 0 Å². The maximum atomic E-state index is 5.99. The van der Waals surface area contributed by atoms with Crippen LogP contribution in [-0.2, 0) is 0 Å². The molecule has 0 aromatic heterocycles. The highest BCUT2D eigenvalue weighted by atomic mass is 35.5. The van der Waals surface area contributed by atoms with Gasteiger partial charge in [0, 0.05) is 11.4 Å². The number of hydrogen-bond acceptors (Lipinski definition) is 1. The van der Waals surface area contributed by atoms with Crippen LogP contribution in [0.5, 0.6) is 0 Å². The summed E-state index contributed by atoms with van der Waals surface area (Å²) >= 11 is 5.99. The van der Waals surface area contributed by atoms with Gasteiger partial charge in [0.15, 0.2) is 0 Å². The van der Waals surface area contributed by atoms with Crippen LogP contribution < -0.4 is 5.32 Å². The smallest absolute Gasteiger partial charge is 0.0406 e. The molecule has 1 aliphatic rings. The molecular weight excluding hydrogens is 170 g/mol. The quantitative estimate of drug-likeness (QED) is 0.671. The second-order valence-electron chi connectivity index (χ2n) is 4.40. The molecule has 12 heavy (non-hydrogen) atoms. The van der Waals surface area contributed by atoms with Gasteiger partial charge in [0.2, 0.25) is 0 Å². The monoisotopic (exact) mass is 189 g/mol. The Bertz CT molecular complexity index is 128. The van der Waals surface area contributed by atoms with Crippen LogP contribution in [0.15, 0.2) is 0 Å². The molecule has 72 valence electrons. The highest BCUT2D eigenvalue weighted by Gasteiger charge is 2.32. The van der Waals surface area contributed by atoms with Crippen molar-refractivity contribution < 1.29 is 0 Å². The third-order valence-corrected chi connectivity index (χ3v) is 3.21. The molecular formula is C10H20ClN. The third-order valence-electron chi connectivity index (χ3n) is 2.70. The molecule has 0 aliphatic heterocycles. The second-order valence-corrected chi connectivity index (χ2v) is 4.66. The van der Waals surface area contributed by atoms with E-state index in [9.17, 15) is 0 Å². The first-order valence-corrected chi connectivity index (χ1v) is 5.53. The summed E-state index contributed by atoms with van der Waals surface area (Å²) in [4.78, 5) is 0. The van der Waals surface area contributed by atoms with Crippen molar-refractivity contribution >= 4 is 11.6 Å². The third kappa shape index (κ3) is 2.63. The summed E-state index contributed by atoms with van der Waals surface area (Å²) in [5.41, 5.74) is 0.284. The molecule has 0 bridgehead atoms. The minimum atomic E-state index is 0.284. The molecule has 1 fully saturated rings. The van der Waals surface area contributed by atoms with Gasteiger partial charge in [-0.25, -0.2) is 0 Å². The van der Waals surface area contributed by atoms with Crippen LogP contribution in [0.25, 0.3) is 0 Å². The highest BCUT2D eigenvalue weighted by Crippen LogP contribution is 2.30. The van der Waals surface area contributed by atoms with E-state index in [1.54, 1.807) is 0 Å². The van der Waals surface area contributed by atoms with E-state index in [4.69, 9.17) is 11.6 Å². The fourth-order valence-corrected chi connectivity index (χ4v) is 2.19. The fraction of sp³-hybridized carbons (Fsp3) is 1.00. The van der Waals surface area contributed by atoms with Crippen LogP contribution in [0.1, 0.15) is 39.5 Å². The van der Waals surface area contributed by atoms with Crippen molar-refractivity contribution in [1.82, 2.24) is 5.32 Å². The first-order valence-electron chi connectivity index (χ1n) is 4.99. The van der Waals surface area contributed by atoms with Crippen LogP contribution in [0.4, 0.5) is 0 Å². The van der Waals surface area contributed by atoms with Crippen LogP contribution in [0.3, 0.4) is 0 Å². The molecule has 1 N–H and O–H groups in total. The van der Waals surface area contributed by atoms with Gasteiger partial charge in [-0.1, -0.05) is 26.7 Å². The molecule has 1 rings (SSSR count). The predicted molar refractivity (Wildman–Crippen MR) is 54.8 cm³/mol. The van der Waals surface area contributed by atoms with E-state index in [0.717, 1.165) is 18.3 Å². The summed E-state index contributed by atoms with van der Waals surface area (Å²) in [6.07, 6.45) is 5.22. The van der Waals surface area contributed by atoms with Gasteiger partial charge in [-0.05, 0) is 25.3 Å². The number of hydrogen-bond donors (Lipinski definition) is 1. The zero-order chi connectivity index (χ0) is 9.03. The highest BCUT2D eigenvalue weighted by molar-refractivity contribution is 6.18. The number of alkyl halides is 1. The minimum absolute atomic E-state index is 0.284. The van der Waals surface area contributed by atoms with E-state index in [-0.39, 0.29) is 5.54 Å². The lowest BCUT2D eigenvalue weighted by Gasteiger charge is -2.28. The lowest BCUT2D eigenvalue weighted by Crippen LogP contribution is -2.46. The molecule has 0 spiro atoms. The van der Waals surface area contributed by atoms with Crippen molar-refractivity contribution in [2.75, 3.05) is 12.4 Å². The lowest BCUT2D eigenvalue weighted by molar-refractivity contribution is 0.348. The molecule has 0 saturated heterocycles. The molecule has 2 heteroatoms. The van der Waals surface area contributed by atoms with E-state index in [1.165, 1.54) is 25.7 Å². The molecule has 1 saturated carbocycles. The Hall–Kier alpha value is 0.250. The van der Waals surface area contributed by atoms with Gasteiger partial charge in [-0.3, -0.25) is 0 Å². The van der Waals surface area contributed by atoms with Crippen LogP contribution in [0, 0.1) is 5.92 Å². The van der Waals surface area contributed by atoms with E-state index in [2.05, 4.69) is 19.2 Å². The van der Waals surface area contributed by atoms with Crippen LogP contribution in [0.2, 0.25) is 0 Å². The molecule has 0 amide bonds. The molecule has 0 heterocycles. The van der Waals surface area contributed by atoms with E-state index < -0.39 is 0 Å². The topological polar surface area (TPSA) is 12.0 Å². The second kappa shape index (κ2) is 4.48. The van der Waals surface area contributed by atoms with Crippen molar-refractivity contribution in [2.45, 2.75) is 45.1 Å². The van der Waals surface area contributed by atoms with Gasteiger partial charge in [0.05, 0.1) is 0 Å². The summed E-state index contributed by atoms with van der Waals surface area (Å²) in [5.74, 6) is 1.50. The van der Waals surface area contributed by atoms with Crippen molar-refractivity contribution in [3.63, 3.8) is 0 Å². The van der Waals surface area contributed by atoms with Crippen LogP contribution >= 0.6 is 11.6 Å². The average molecular weight is 190 g/mol. The lowest BCUT2D eigenvalue weighted by atomic mass is 9.99. The van der Waals surface area contributed by atoms with Crippen LogP contribution in [-0.4, -0.2) is 18.0 Å². The van der Waals surface area contributed by atoms with Gasteiger partial charge in [0.1, 0.15) is 0 Å². The van der Waals surface area contributed by atoms with Gasteiger partial charge in [-0.2, -0.15) is 0 Å². The molecule has 1 nitrogen and oxygen atoms in total. The van der Waals surface area contributed by atoms with Gasteiger partial charge >= 0.3 is 0 Å². The predicted octanol–water partition coefficient (Wildman–Crippen LogP) is 2.78. The molecule has 0 aromatic rings. The van der Waals surface area contributed by atoms with E-state index in [0.29, 0.717) is 0 Å². The average Bonchev–Trinajstić information content (AvgIpc) is 2.50. The minimum Gasteiger partial charge on any atom is -0.310 e. The summed E-state index contributed by atoms with van der Waals surface area (Å²) in [7, 11) is 0. The van der Waals surface area contributed by atoms with Gasteiger partial charge in [-0.15, -0.1) is 11.6 Å². The normalized spacial score (nSPS) is 22.0. The van der Waals surface area contributed by atoms with E-state index in [1.807, 2.05) is 0 Å². The summed E-state index contributed by atoms with van der Waals surface area (Å²) in [6, 6.07) is 0. The molecule has 1 aliphatic carbocycles. The Balaban J connectivity index is 2.34. The zero-order valence-electron chi connectivity index (χ0n) is 8.20. The SMILES string of the molecule is CC(C)CNC1(CCl)CCCC1. The maximum Gasteiger partial charge on any atom is 0.0406 e. The summed E-state index contributed by atoms with van der Waals surface area (Å²) in [5, 5.41) is 3.61. The Morgan fingerprint density at radius 1 is 1.33 bits per heavy atom. The first kappa shape index (κ1) is 10.3. The number of halogens is 1. The first-order chi connectivity index (χ1) is 5.68. The number of rotatable bonds is 4. The Labute approximate surface area is 80.9 Å². The standard InChI is InChI=1S/C10H20ClN/c1-9(2)7-12-10(8-11)5-3-4-6-10/h9,12H,3-8H2,1-2H3. The Morgan fingerprint density at radius 3 is 2.33 bits per heavy atom. The number of nitrogens with one attached hydrogen (secondary N) is 1. The largest absolute Gasteiger partial charge is 0.310 e. The maximum absolute atomic E-state index is 5.99. The molecule has 0 aromatic carbocycles. The zero-order valence-corrected chi connectivity index (χ0v) is 8.95. The Kier molecular flexibility index (Phi) is 3.85. The van der Waals surface area contributed by atoms with E-state index >= 15 is 0 Å². The molecule has 0 atom stereocenters. The molecule has 0 unspecified atom stereocenters. The van der Waals surface area contributed by atoms with Crippen molar-refractivity contribution in [2.24, 2.45) is 5.92 Å². The van der Waals surface area contributed by atoms with Gasteiger partial charge < -0.3 is 5.32 Å². The van der Waals surface area contributed by atoms with Crippen molar-refractivity contribution in [1.29, 1.82) is 0 Å². The summed E-state index contributed by atoms with van der Waals surface area (Å²) < 4.78 is 0. The fourth-order valence-electron chi connectivity index (χ4n) is 1.83. The Morgan fingerprint density at radius 2 is 1.92 bits per heavy atom. The van der Waals surface area contributed by atoms with Crippen molar-refractivity contribution in [3.05, 3.63) is 0 Å². The molecule has 0 radical (unpaired) electrons.